The van der Waals surface area contributed by atoms with Crippen molar-refractivity contribution in [2.45, 2.75) is 91.8 Å². The van der Waals surface area contributed by atoms with Gasteiger partial charge in [-0.25, -0.2) is 4.79 Å². The lowest BCUT2D eigenvalue weighted by molar-refractivity contribution is -0.158. The van der Waals surface area contributed by atoms with E-state index in [0.29, 0.717) is 36.1 Å². The third-order valence-corrected chi connectivity index (χ3v) is 8.79. The molecular formula is C30H46N2O6. The number of benzene rings is 1. The second kappa shape index (κ2) is 13.3. The van der Waals surface area contributed by atoms with Gasteiger partial charge in [-0.3, -0.25) is 9.59 Å². The van der Waals surface area contributed by atoms with Gasteiger partial charge in [0.2, 0.25) is 5.91 Å². The molecule has 1 aromatic carbocycles. The van der Waals surface area contributed by atoms with Crippen LogP contribution in [-0.2, 0) is 19.1 Å². The van der Waals surface area contributed by atoms with Gasteiger partial charge in [-0.1, -0.05) is 39.8 Å². The highest BCUT2D eigenvalue weighted by Gasteiger charge is 2.48. The molecule has 38 heavy (non-hydrogen) atoms. The summed E-state index contributed by atoms with van der Waals surface area (Å²) < 4.78 is 5.80. The SMILES string of the molecule is CN[C@@H](C)C(=O)N1CCCC1C(=O)OC(C)CC1CCC(C)(C)C1(C)C.O=C/C=C/c1ccc(O)c(O)c1. The first-order valence-corrected chi connectivity index (χ1v) is 13.6. The number of rotatable bonds is 8. The maximum absolute atomic E-state index is 12.7. The molecule has 2 aliphatic rings. The maximum Gasteiger partial charge on any atom is 0.329 e. The van der Waals surface area contributed by atoms with Crippen molar-refractivity contribution >= 4 is 24.2 Å². The number of allylic oxidation sites excluding steroid dienone is 1. The lowest BCUT2D eigenvalue weighted by atomic mass is 9.66. The minimum absolute atomic E-state index is 0.0155. The molecule has 0 bridgehead atoms. The number of phenols is 2. The summed E-state index contributed by atoms with van der Waals surface area (Å²) in [5.41, 5.74) is 1.22. The summed E-state index contributed by atoms with van der Waals surface area (Å²) in [5.74, 6) is -0.0489. The molecule has 1 aliphatic heterocycles. The van der Waals surface area contributed by atoms with E-state index in [9.17, 15) is 14.4 Å². The average molecular weight is 531 g/mol. The van der Waals surface area contributed by atoms with Gasteiger partial charge in [-0.15, -0.1) is 0 Å². The molecule has 3 N–H and O–H groups in total. The molecule has 1 aromatic rings. The molecular weight excluding hydrogens is 484 g/mol. The third-order valence-electron chi connectivity index (χ3n) is 8.79. The quantitative estimate of drug-likeness (QED) is 0.193. The van der Waals surface area contributed by atoms with Crippen LogP contribution >= 0.6 is 0 Å². The number of phenolic OH excluding ortho intramolecular Hbond substituents is 2. The molecule has 4 atom stereocenters. The number of amides is 1. The van der Waals surface area contributed by atoms with Crippen molar-refractivity contribution in [2.24, 2.45) is 16.7 Å². The van der Waals surface area contributed by atoms with E-state index in [0.717, 1.165) is 12.8 Å². The number of aldehydes is 1. The number of ether oxygens (including phenoxy) is 1. The zero-order valence-corrected chi connectivity index (χ0v) is 24.0. The summed E-state index contributed by atoms with van der Waals surface area (Å²) in [4.78, 5) is 36.8. The Morgan fingerprint density at radius 2 is 1.84 bits per heavy atom. The first kappa shape index (κ1) is 31.3. The van der Waals surface area contributed by atoms with E-state index < -0.39 is 6.04 Å². The highest BCUT2D eigenvalue weighted by Crippen LogP contribution is 2.57. The van der Waals surface area contributed by atoms with Crippen LogP contribution in [0.1, 0.15) is 79.2 Å². The molecule has 1 saturated carbocycles. The van der Waals surface area contributed by atoms with Gasteiger partial charge in [0, 0.05) is 6.54 Å². The van der Waals surface area contributed by atoms with Crippen LogP contribution in [0.25, 0.3) is 6.08 Å². The van der Waals surface area contributed by atoms with Crippen LogP contribution in [0.2, 0.25) is 0 Å². The van der Waals surface area contributed by atoms with E-state index in [-0.39, 0.29) is 40.9 Å². The second-order valence-corrected chi connectivity index (χ2v) is 11.8. The Bertz CT molecular complexity index is 1000. The topological polar surface area (TPSA) is 116 Å². The first-order valence-electron chi connectivity index (χ1n) is 13.6. The summed E-state index contributed by atoms with van der Waals surface area (Å²) in [6, 6.07) is 3.63. The maximum atomic E-state index is 12.7. The molecule has 1 amide bonds. The van der Waals surface area contributed by atoms with Gasteiger partial charge in [0.15, 0.2) is 11.5 Å². The monoisotopic (exact) mass is 530 g/mol. The Morgan fingerprint density at radius 1 is 1.16 bits per heavy atom. The normalized spacial score (nSPS) is 23.4. The molecule has 8 nitrogen and oxygen atoms in total. The lowest BCUT2D eigenvalue weighted by Crippen LogP contribution is -2.49. The van der Waals surface area contributed by atoms with E-state index in [2.05, 4.69) is 33.0 Å². The molecule has 0 spiro atoms. The van der Waals surface area contributed by atoms with Crippen LogP contribution < -0.4 is 5.32 Å². The number of esters is 1. The Kier molecular flexibility index (Phi) is 10.9. The zero-order valence-electron chi connectivity index (χ0n) is 24.0. The van der Waals surface area contributed by atoms with Gasteiger partial charge in [0.05, 0.1) is 12.1 Å². The zero-order chi connectivity index (χ0) is 28.7. The Balaban J connectivity index is 0.000000352. The van der Waals surface area contributed by atoms with Crippen LogP contribution in [0, 0.1) is 16.7 Å². The summed E-state index contributed by atoms with van der Waals surface area (Å²) in [5, 5.41) is 20.9. The smallest absolute Gasteiger partial charge is 0.329 e. The number of carbonyl (C=O) groups excluding carboxylic acids is 3. The van der Waals surface area contributed by atoms with Crippen LogP contribution in [0.15, 0.2) is 24.3 Å². The minimum atomic E-state index is -0.422. The van der Waals surface area contributed by atoms with Crippen molar-refractivity contribution in [3.8, 4) is 11.5 Å². The number of nitrogens with zero attached hydrogens (tertiary/aromatic N) is 1. The third kappa shape index (κ3) is 7.59. The largest absolute Gasteiger partial charge is 0.504 e. The van der Waals surface area contributed by atoms with Gasteiger partial charge in [0.25, 0.3) is 0 Å². The molecule has 8 heteroatoms. The van der Waals surface area contributed by atoms with Crippen molar-refractivity contribution in [1.82, 2.24) is 10.2 Å². The fraction of sp³-hybridized carbons (Fsp3) is 0.633. The summed E-state index contributed by atoms with van der Waals surface area (Å²) in [7, 11) is 1.76. The van der Waals surface area contributed by atoms with Crippen molar-refractivity contribution in [3.63, 3.8) is 0 Å². The van der Waals surface area contributed by atoms with Crippen molar-refractivity contribution in [1.29, 1.82) is 0 Å². The number of carbonyl (C=O) groups is 3. The molecule has 1 saturated heterocycles. The van der Waals surface area contributed by atoms with Gasteiger partial charge in [-0.05, 0) is 93.5 Å². The van der Waals surface area contributed by atoms with Crippen molar-refractivity contribution in [3.05, 3.63) is 29.8 Å². The minimum Gasteiger partial charge on any atom is -0.504 e. The summed E-state index contributed by atoms with van der Waals surface area (Å²) in [6.45, 7) is 13.8. The molecule has 3 rings (SSSR count). The molecule has 3 unspecified atom stereocenters. The molecule has 0 aromatic heterocycles. The predicted octanol–water partition coefficient (Wildman–Crippen LogP) is 4.68. The average Bonchev–Trinajstić information content (AvgIpc) is 3.43. The first-order chi connectivity index (χ1) is 17.7. The number of likely N-dealkylation sites (N-methyl/N-ethyl adjacent to an activating group) is 1. The number of aromatic hydroxyl groups is 2. The van der Waals surface area contributed by atoms with Crippen LogP contribution in [0.4, 0.5) is 0 Å². The highest BCUT2D eigenvalue weighted by atomic mass is 16.5. The van der Waals surface area contributed by atoms with Crippen LogP contribution in [0.5, 0.6) is 11.5 Å². The van der Waals surface area contributed by atoms with Crippen molar-refractivity contribution < 1.29 is 29.3 Å². The van der Waals surface area contributed by atoms with Crippen LogP contribution in [0.3, 0.4) is 0 Å². The van der Waals surface area contributed by atoms with E-state index >= 15 is 0 Å². The lowest BCUT2D eigenvalue weighted by Gasteiger charge is -2.40. The van der Waals surface area contributed by atoms with Crippen LogP contribution in [-0.4, -0.2) is 65.1 Å². The van der Waals surface area contributed by atoms with Gasteiger partial charge in [0.1, 0.15) is 12.3 Å². The molecule has 2 fully saturated rings. The second-order valence-electron chi connectivity index (χ2n) is 11.8. The predicted molar refractivity (Wildman–Crippen MR) is 149 cm³/mol. The Hall–Kier alpha value is -2.87. The van der Waals surface area contributed by atoms with Crippen molar-refractivity contribution in [2.75, 3.05) is 13.6 Å². The Labute approximate surface area is 227 Å². The van der Waals surface area contributed by atoms with Gasteiger partial charge in [-0.2, -0.15) is 0 Å². The molecule has 1 heterocycles. The number of hydrogen-bond acceptors (Lipinski definition) is 7. The summed E-state index contributed by atoms with van der Waals surface area (Å²) in [6.07, 6.45) is 8.25. The fourth-order valence-electron chi connectivity index (χ4n) is 5.35. The number of likely N-dealkylation sites (tertiary alicyclic amines) is 1. The fourth-order valence-corrected chi connectivity index (χ4v) is 5.35. The highest BCUT2D eigenvalue weighted by molar-refractivity contribution is 5.88. The molecule has 1 aliphatic carbocycles. The molecule has 212 valence electrons. The summed E-state index contributed by atoms with van der Waals surface area (Å²) >= 11 is 0. The van der Waals surface area contributed by atoms with E-state index in [1.165, 1.54) is 37.1 Å². The van der Waals surface area contributed by atoms with E-state index in [1.807, 2.05) is 13.8 Å². The van der Waals surface area contributed by atoms with E-state index in [4.69, 9.17) is 14.9 Å². The van der Waals surface area contributed by atoms with Gasteiger partial charge >= 0.3 is 5.97 Å². The molecule has 0 radical (unpaired) electrons. The van der Waals surface area contributed by atoms with E-state index in [1.54, 1.807) is 18.0 Å². The Morgan fingerprint density at radius 3 is 2.39 bits per heavy atom. The number of hydrogen-bond donors (Lipinski definition) is 3. The van der Waals surface area contributed by atoms with Gasteiger partial charge < -0.3 is 25.2 Å². The number of nitrogens with one attached hydrogen (secondary N) is 1. The standard InChI is InChI=1S/C21H38N2O3.C9H8O3/c1-14(13-16-10-11-20(3,4)21(16,5)6)26-19(25)17-9-8-12-23(17)18(24)15(2)22-7;10-5-1-2-7-3-4-8(11)9(12)6-7/h14-17,22H,8-13H2,1-7H3;1-6,11-12H/b;2-1+/t14?,15-,16?,17?;/m0./s1.